The standard InChI is InChI=1S/C24H31N3O3/c1-2-19-10-12-21(13-11-19)26-24(29)23(28)25-14-6-7-15-27-16-17-30-22(18-27)20-8-4-3-5-9-20/h3-5,8-13,22H,2,6-7,14-18H2,1H3,(H,25,28)(H,26,29). The van der Waals surface area contributed by atoms with Gasteiger partial charge in [0.15, 0.2) is 0 Å². The Morgan fingerprint density at radius 3 is 2.53 bits per heavy atom. The summed E-state index contributed by atoms with van der Waals surface area (Å²) in [7, 11) is 0. The van der Waals surface area contributed by atoms with E-state index < -0.39 is 11.8 Å². The van der Waals surface area contributed by atoms with Crippen LogP contribution in [0.4, 0.5) is 5.69 Å². The van der Waals surface area contributed by atoms with Crippen LogP contribution in [0.2, 0.25) is 0 Å². The van der Waals surface area contributed by atoms with Crippen molar-refractivity contribution in [3.63, 3.8) is 0 Å². The van der Waals surface area contributed by atoms with Gasteiger partial charge in [-0.1, -0.05) is 49.4 Å². The predicted octanol–water partition coefficient (Wildman–Crippen LogP) is 3.16. The van der Waals surface area contributed by atoms with Crippen LogP contribution in [0.5, 0.6) is 0 Å². The zero-order chi connectivity index (χ0) is 21.2. The molecule has 2 amide bonds. The van der Waals surface area contributed by atoms with Crippen molar-refractivity contribution in [1.29, 1.82) is 0 Å². The molecule has 1 fully saturated rings. The van der Waals surface area contributed by atoms with E-state index in [1.165, 1.54) is 11.1 Å². The second-order valence-corrected chi connectivity index (χ2v) is 7.54. The molecule has 3 rings (SSSR count). The largest absolute Gasteiger partial charge is 0.371 e. The van der Waals surface area contributed by atoms with Crippen LogP contribution < -0.4 is 10.6 Å². The molecule has 0 bridgehead atoms. The molecular weight excluding hydrogens is 378 g/mol. The number of aryl methyl sites for hydroxylation is 1. The van der Waals surface area contributed by atoms with E-state index in [4.69, 9.17) is 4.74 Å². The summed E-state index contributed by atoms with van der Waals surface area (Å²) >= 11 is 0. The Morgan fingerprint density at radius 2 is 1.80 bits per heavy atom. The summed E-state index contributed by atoms with van der Waals surface area (Å²) in [6.07, 6.45) is 2.85. The van der Waals surface area contributed by atoms with E-state index in [0.717, 1.165) is 45.5 Å². The number of nitrogens with one attached hydrogen (secondary N) is 2. The average molecular weight is 410 g/mol. The van der Waals surface area contributed by atoms with E-state index in [2.05, 4.69) is 34.6 Å². The summed E-state index contributed by atoms with van der Waals surface area (Å²) in [6, 6.07) is 17.8. The Morgan fingerprint density at radius 1 is 1.03 bits per heavy atom. The molecule has 1 saturated heterocycles. The zero-order valence-electron chi connectivity index (χ0n) is 17.6. The second kappa shape index (κ2) is 11.5. The van der Waals surface area contributed by atoms with Crippen molar-refractivity contribution < 1.29 is 14.3 Å². The van der Waals surface area contributed by atoms with E-state index in [1.54, 1.807) is 0 Å². The highest BCUT2D eigenvalue weighted by Crippen LogP contribution is 2.22. The van der Waals surface area contributed by atoms with Gasteiger partial charge in [-0.15, -0.1) is 0 Å². The summed E-state index contributed by atoms with van der Waals surface area (Å²) in [6.45, 7) is 6.06. The lowest BCUT2D eigenvalue weighted by molar-refractivity contribution is -0.136. The lowest BCUT2D eigenvalue weighted by Crippen LogP contribution is -2.39. The molecule has 0 aromatic heterocycles. The number of benzene rings is 2. The molecule has 1 unspecified atom stereocenters. The molecule has 1 aliphatic rings. The Balaban J connectivity index is 1.31. The maximum Gasteiger partial charge on any atom is 0.313 e. The van der Waals surface area contributed by atoms with E-state index >= 15 is 0 Å². The Hall–Kier alpha value is -2.70. The first-order valence-electron chi connectivity index (χ1n) is 10.7. The second-order valence-electron chi connectivity index (χ2n) is 7.54. The first-order chi connectivity index (χ1) is 14.7. The van der Waals surface area contributed by atoms with Gasteiger partial charge in [0.2, 0.25) is 0 Å². The van der Waals surface area contributed by atoms with Crippen LogP contribution in [0.15, 0.2) is 54.6 Å². The number of carbonyl (C=O) groups is 2. The summed E-state index contributed by atoms with van der Waals surface area (Å²) in [5.74, 6) is -1.22. The highest BCUT2D eigenvalue weighted by Gasteiger charge is 2.21. The molecule has 30 heavy (non-hydrogen) atoms. The first-order valence-corrected chi connectivity index (χ1v) is 10.7. The van der Waals surface area contributed by atoms with Gasteiger partial charge in [-0.2, -0.15) is 0 Å². The van der Waals surface area contributed by atoms with Crippen molar-refractivity contribution in [3.8, 4) is 0 Å². The number of amides is 2. The normalized spacial score (nSPS) is 16.8. The van der Waals surface area contributed by atoms with Gasteiger partial charge in [0.25, 0.3) is 0 Å². The number of rotatable bonds is 8. The van der Waals surface area contributed by atoms with E-state index in [-0.39, 0.29) is 6.10 Å². The van der Waals surface area contributed by atoms with Gasteiger partial charge in [-0.3, -0.25) is 14.5 Å². The van der Waals surface area contributed by atoms with Gasteiger partial charge < -0.3 is 15.4 Å². The Labute approximate surface area is 178 Å². The summed E-state index contributed by atoms with van der Waals surface area (Å²) < 4.78 is 5.90. The number of nitrogens with zero attached hydrogens (tertiary/aromatic N) is 1. The summed E-state index contributed by atoms with van der Waals surface area (Å²) in [5, 5.41) is 5.34. The highest BCUT2D eigenvalue weighted by molar-refractivity contribution is 6.39. The summed E-state index contributed by atoms with van der Waals surface area (Å²) in [5.41, 5.74) is 3.03. The smallest absolute Gasteiger partial charge is 0.313 e. The van der Waals surface area contributed by atoms with Crippen molar-refractivity contribution in [1.82, 2.24) is 10.2 Å². The number of ether oxygens (including phenoxy) is 1. The molecule has 1 atom stereocenters. The molecule has 1 aliphatic heterocycles. The van der Waals surface area contributed by atoms with Crippen LogP contribution in [-0.2, 0) is 20.7 Å². The van der Waals surface area contributed by atoms with Crippen molar-refractivity contribution in [2.45, 2.75) is 32.3 Å². The van der Waals surface area contributed by atoms with Crippen molar-refractivity contribution >= 4 is 17.5 Å². The molecule has 6 heteroatoms. The minimum Gasteiger partial charge on any atom is -0.371 e. The third kappa shape index (κ3) is 6.68. The maximum absolute atomic E-state index is 12.0. The van der Waals surface area contributed by atoms with E-state index in [9.17, 15) is 9.59 Å². The lowest BCUT2D eigenvalue weighted by Gasteiger charge is -2.33. The third-order valence-corrected chi connectivity index (χ3v) is 5.33. The molecule has 2 N–H and O–H groups in total. The number of carbonyl (C=O) groups excluding carboxylic acids is 2. The molecule has 0 radical (unpaired) electrons. The average Bonchev–Trinajstić information content (AvgIpc) is 2.80. The third-order valence-electron chi connectivity index (χ3n) is 5.33. The number of morpholine rings is 1. The molecule has 0 aliphatic carbocycles. The van der Waals surface area contributed by atoms with Gasteiger partial charge in [-0.05, 0) is 49.1 Å². The number of hydrogen-bond donors (Lipinski definition) is 2. The molecule has 1 heterocycles. The number of hydrogen-bond acceptors (Lipinski definition) is 4. The maximum atomic E-state index is 12.0. The zero-order valence-corrected chi connectivity index (χ0v) is 17.6. The van der Waals surface area contributed by atoms with Crippen LogP contribution in [0.25, 0.3) is 0 Å². The monoisotopic (exact) mass is 409 g/mol. The van der Waals surface area contributed by atoms with Gasteiger partial charge in [0.1, 0.15) is 0 Å². The van der Waals surface area contributed by atoms with Crippen molar-refractivity contribution in [3.05, 3.63) is 65.7 Å². The fourth-order valence-electron chi connectivity index (χ4n) is 3.53. The molecule has 160 valence electrons. The molecule has 6 nitrogen and oxygen atoms in total. The topological polar surface area (TPSA) is 70.7 Å². The highest BCUT2D eigenvalue weighted by atomic mass is 16.5. The van der Waals surface area contributed by atoms with Crippen LogP contribution >= 0.6 is 0 Å². The fourth-order valence-corrected chi connectivity index (χ4v) is 3.53. The molecule has 2 aromatic rings. The quantitative estimate of drug-likeness (QED) is 0.519. The molecule has 2 aromatic carbocycles. The van der Waals surface area contributed by atoms with Crippen molar-refractivity contribution in [2.75, 3.05) is 38.1 Å². The Bertz CT molecular complexity index is 808. The number of anilines is 1. The summed E-state index contributed by atoms with van der Waals surface area (Å²) in [4.78, 5) is 26.4. The predicted molar refractivity (Wildman–Crippen MR) is 118 cm³/mol. The number of unbranched alkanes of at least 4 members (excludes halogenated alkanes) is 1. The SMILES string of the molecule is CCc1ccc(NC(=O)C(=O)NCCCCN2CCOC(c3ccccc3)C2)cc1. The minimum absolute atomic E-state index is 0.120. The minimum atomic E-state index is -0.627. The van der Waals surface area contributed by atoms with Gasteiger partial charge in [0, 0.05) is 25.3 Å². The fraction of sp³-hybridized carbons (Fsp3) is 0.417. The molecule has 0 saturated carbocycles. The molecule has 0 spiro atoms. The van der Waals surface area contributed by atoms with Crippen LogP contribution in [0.3, 0.4) is 0 Å². The lowest BCUT2D eigenvalue weighted by atomic mass is 10.1. The molecular formula is C24H31N3O3. The first kappa shape index (κ1) is 22.0. The van der Waals surface area contributed by atoms with Crippen LogP contribution in [-0.4, -0.2) is 49.5 Å². The van der Waals surface area contributed by atoms with E-state index in [1.807, 2.05) is 42.5 Å². The van der Waals surface area contributed by atoms with Crippen molar-refractivity contribution in [2.24, 2.45) is 0 Å². The van der Waals surface area contributed by atoms with Gasteiger partial charge in [0.05, 0.1) is 12.7 Å². The van der Waals surface area contributed by atoms with Gasteiger partial charge >= 0.3 is 11.8 Å². The van der Waals surface area contributed by atoms with Gasteiger partial charge in [-0.25, -0.2) is 0 Å². The van der Waals surface area contributed by atoms with Crippen LogP contribution in [0.1, 0.15) is 37.0 Å². The van der Waals surface area contributed by atoms with Crippen LogP contribution in [0, 0.1) is 0 Å². The Kier molecular flexibility index (Phi) is 8.41. The van der Waals surface area contributed by atoms with E-state index in [0.29, 0.717) is 12.2 Å².